The second kappa shape index (κ2) is 9.74. The van der Waals surface area contributed by atoms with Gasteiger partial charge in [0.1, 0.15) is 18.5 Å². The molecule has 1 aromatic carbocycles. The van der Waals surface area contributed by atoms with Crippen molar-refractivity contribution in [3.8, 4) is 5.75 Å². The van der Waals surface area contributed by atoms with Gasteiger partial charge in [-0.15, -0.1) is 0 Å². The molecule has 0 aliphatic rings. The molecule has 0 amide bonds. The first-order valence-electron chi connectivity index (χ1n) is 5.84. The van der Waals surface area contributed by atoms with E-state index in [1.54, 1.807) is 24.3 Å². The zero-order valence-corrected chi connectivity index (χ0v) is 14.0. The van der Waals surface area contributed by atoms with Crippen molar-refractivity contribution < 1.29 is 48.4 Å². The summed E-state index contributed by atoms with van der Waals surface area (Å²) < 4.78 is 7.39. The van der Waals surface area contributed by atoms with E-state index < -0.39 is 6.10 Å². The number of aliphatic hydroxyl groups excluding tert-OH is 1. The monoisotopic (exact) mass is 403 g/mol. The van der Waals surface area contributed by atoms with Crippen molar-refractivity contribution in [2.24, 2.45) is 0 Å². The standard InChI is InChI=1S/C14H17N2O2.2BrH/c15-12-4-6-14(7-5-12)18-11-13(17)10-16-8-2-1-3-9-16;;/h1-9,13,17H,10-11,15H2;2*1H/q+1;;/p-2. The van der Waals surface area contributed by atoms with Gasteiger partial charge in [0.05, 0.1) is 0 Å². The molecule has 2 aromatic rings. The number of hydrogen-bond donors (Lipinski definition) is 2. The summed E-state index contributed by atoms with van der Waals surface area (Å²) in [6, 6.07) is 12.9. The third-order valence-corrected chi connectivity index (χ3v) is 2.52. The zero-order valence-electron chi connectivity index (χ0n) is 10.8. The van der Waals surface area contributed by atoms with Gasteiger partial charge in [0.15, 0.2) is 18.9 Å². The van der Waals surface area contributed by atoms with E-state index in [0.717, 1.165) is 0 Å². The Hall–Kier alpha value is -1.11. The van der Waals surface area contributed by atoms with Crippen LogP contribution in [0.4, 0.5) is 5.69 Å². The topological polar surface area (TPSA) is 59.4 Å². The number of ether oxygens (including phenoxy) is 1. The highest BCUT2D eigenvalue weighted by atomic mass is 79.9. The lowest BCUT2D eigenvalue weighted by Crippen LogP contribution is -3.00. The predicted octanol–water partition coefficient (Wildman–Crippen LogP) is -5.00. The van der Waals surface area contributed by atoms with Crippen molar-refractivity contribution in [2.75, 3.05) is 12.3 Å². The molecule has 2 rings (SSSR count). The Morgan fingerprint density at radius 3 is 2.25 bits per heavy atom. The van der Waals surface area contributed by atoms with Gasteiger partial charge in [0, 0.05) is 17.8 Å². The molecule has 0 aliphatic heterocycles. The van der Waals surface area contributed by atoms with Crippen LogP contribution in [0.1, 0.15) is 0 Å². The zero-order chi connectivity index (χ0) is 12.8. The van der Waals surface area contributed by atoms with Crippen LogP contribution in [-0.2, 0) is 6.54 Å². The number of nitrogens with zero attached hydrogens (tertiary/aromatic N) is 1. The lowest BCUT2D eigenvalue weighted by atomic mass is 10.3. The third-order valence-electron chi connectivity index (χ3n) is 2.52. The van der Waals surface area contributed by atoms with E-state index >= 15 is 0 Å². The van der Waals surface area contributed by atoms with Gasteiger partial charge in [-0.05, 0) is 24.3 Å². The third kappa shape index (κ3) is 6.36. The molecule has 0 saturated carbocycles. The van der Waals surface area contributed by atoms with Crippen LogP contribution in [0.3, 0.4) is 0 Å². The van der Waals surface area contributed by atoms with Gasteiger partial charge in [-0.25, -0.2) is 4.57 Å². The fourth-order valence-corrected chi connectivity index (χ4v) is 1.61. The summed E-state index contributed by atoms with van der Waals surface area (Å²) in [5.74, 6) is 0.710. The second-order valence-corrected chi connectivity index (χ2v) is 4.11. The molecule has 0 fully saturated rings. The Morgan fingerprint density at radius 2 is 1.65 bits per heavy atom. The van der Waals surface area contributed by atoms with Crippen LogP contribution in [0, 0.1) is 0 Å². The summed E-state index contributed by atoms with van der Waals surface area (Å²) in [6.45, 7) is 0.766. The summed E-state index contributed by atoms with van der Waals surface area (Å²) >= 11 is 0. The predicted molar refractivity (Wildman–Crippen MR) is 69.0 cm³/mol. The van der Waals surface area contributed by atoms with Crippen LogP contribution in [-0.4, -0.2) is 17.8 Å². The Kier molecular flexibility index (Phi) is 9.20. The number of anilines is 1. The Bertz CT molecular complexity index is 480. The molecule has 1 unspecified atom stereocenters. The molecule has 0 aliphatic carbocycles. The van der Waals surface area contributed by atoms with E-state index in [1.165, 1.54) is 0 Å². The maximum absolute atomic E-state index is 9.85. The van der Waals surface area contributed by atoms with Gasteiger partial charge in [-0.3, -0.25) is 0 Å². The van der Waals surface area contributed by atoms with Crippen LogP contribution in [0.15, 0.2) is 54.9 Å². The molecular weight excluding hydrogens is 388 g/mol. The summed E-state index contributed by atoms with van der Waals surface area (Å²) in [6.07, 6.45) is 3.27. The first-order chi connectivity index (χ1) is 8.74. The van der Waals surface area contributed by atoms with E-state index in [9.17, 15) is 5.11 Å². The number of halogens is 2. The molecule has 1 aromatic heterocycles. The van der Waals surface area contributed by atoms with E-state index in [0.29, 0.717) is 18.0 Å². The number of nitrogens with two attached hydrogens (primary N) is 1. The van der Waals surface area contributed by atoms with Crippen molar-refractivity contribution in [3.63, 3.8) is 0 Å². The molecule has 1 heterocycles. The van der Waals surface area contributed by atoms with Gasteiger partial charge in [0.2, 0.25) is 0 Å². The number of benzene rings is 1. The average molecular weight is 405 g/mol. The van der Waals surface area contributed by atoms with Gasteiger partial charge >= 0.3 is 0 Å². The normalized spacial score (nSPS) is 10.8. The summed E-state index contributed by atoms with van der Waals surface area (Å²) in [5.41, 5.74) is 6.27. The molecule has 0 bridgehead atoms. The molecular formula is C14H17Br2N2O2-. The van der Waals surface area contributed by atoms with Crippen LogP contribution in [0.5, 0.6) is 5.75 Å². The minimum absolute atomic E-state index is 0. The maximum atomic E-state index is 9.85. The van der Waals surface area contributed by atoms with E-state index in [-0.39, 0.29) is 40.6 Å². The number of aromatic nitrogens is 1. The SMILES string of the molecule is Nc1ccc(OCC(O)C[n+]2ccccc2)cc1.[Br-].[Br-]. The first kappa shape index (κ1) is 18.9. The second-order valence-electron chi connectivity index (χ2n) is 4.11. The Labute approximate surface area is 139 Å². The number of nitrogen functional groups attached to an aromatic ring is 1. The fraction of sp³-hybridized carbons (Fsp3) is 0.214. The van der Waals surface area contributed by atoms with Crippen molar-refractivity contribution >= 4 is 5.69 Å². The van der Waals surface area contributed by atoms with Crippen molar-refractivity contribution in [2.45, 2.75) is 12.6 Å². The fourth-order valence-electron chi connectivity index (χ4n) is 1.61. The molecule has 3 N–H and O–H groups in total. The van der Waals surface area contributed by atoms with Crippen molar-refractivity contribution in [1.82, 2.24) is 0 Å². The minimum atomic E-state index is -0.546. The quantitative estimate of drug-likeness (QED) is 0.387. The number of hydrogen-bond acceptors (Lipinski definition) is 3. The molecule has 110 valence electrons. The van der Waals surface area contributed by atoms with Gasteiger partial charge in [0.25, 0.3) is 0 Å². The molecule has 4 nitrogen and oxygen atoms in total. The van der Waals surface area contributed by atoms with E-state index in [2.05, 4.69) is 0 Å². The van der Waals surface area contributed by atoms with Crippen LogP contribution in [0.25, 0.3) is 0 Å². The molecule has 6 heteroatoms. The average Bonchev–Trinajstić information content (AvgIpc) is 2.39. The van der Waals surface area contributed by atoms with E-state index in [4.69, 9.17) is 10.5 Å². The number of aliphatic hydroxyl groups is 1. The largest absolute Gasteiger partial charge is 1.00 e. The highest BCUT2D eigenvalue weighted by molar-refractivity contribution is 5.41. The van der Waals surface area contributed by atoms with Crippen LogP contribution in [0.2, 0.25) is 0 Å². The summed E-state index contributed by atoms with van der Waals surface area (Å²) in [7, 11) is 0. The Balaban J connectivity index is 0.00000180. The minimum Gasteiger partial charge on any atom is -1.00 e. The number of rotatable bonds is 5. The van der Waals surface area contributed by atoms with Crippen LogP contribution < -0.4 is 49.0 Å². The lowest BCUT2D eigenvalue weighted by molar-refractivity contribution is -0.703. The van der Waals surface area contributed by atoms with Gasteiger partial charge in [-0.1, -0.05) is 6.07 Å². The maximum Gasteiger partial charge on any atom is 0.177 e. The molecule has 20 heavy (non-hydrogen) atoms. The Morgan fingerprint density at radius 1 is 1.05 bits per heavy atom. The molecule has 1 atom stereocenters. The molecule has 0 radical (unpaired) electrons. The molecule has 0 spiro atoms. The van der Waals surface area contributed by atoms with Crippen molar-refractivity contribution in [3.05, 3.63) is 54.9 Å². The highest BCUT2D eigenvalue weighted by Crippen LogP contribution is 2.13. The van der Waals surface area contributed by atoms with Crippen molar-refractivity contribution in [1.29, 1.82) is 0 Å². The summed E-state index contributed by atoms with van der Waals surface area (Å²) in [4.78, 5) is 0. The smallest absolute Gasteiger partial charge is 0.177 e. The number of pyridine rings is 1. The highest BCUT2D eigenvalue weighted by Gasteiger charge is 2.11. The first-order valence-corrected chi connectivity index (χ1v) is 5.84. The van der Waals surface area contributed by atoms with Gasteiger partial charge in [-0.2, -0.15) is 0 Å². The van der Waals surface area contributed by atoms with Crippen LogP contribution >= 0.6 is 0 Å². The van der Waals surface area contributed by atoms with Gasteiger partial charge < -0.3 is 49.5 Å². The summed E-state index contributed by atoms with van der Waals surface area (Å²) in [5, 5.41) is 9.85. The molecule has 0 saturated heterocycles. The van der Waals surface area contributed by atoms with E-state index in [1.807, 2.05) is 35.2 Å². The lowest BCUT2D eigenvalue weighted by Gasteiger charge is -2.10.